The van der Waals surface area contributed by atoms with Gasteiger partial charge in [0.1, 0.15) is 11.8 Å². The zero-order chi connectivity index (χ0) is 27.3. The number of carbonyl (C=O) groups is 2. The molecule has 6 heteroatoms. The van der Waals surface area contributed by atoms with E-state index in [1.54, 1.807) is 31.2 Å². The van der Waals surface area contributed by atoms with Crippen LogP contribution in [0.15, 0.2) is 30.3 Å². The second-order valence-corrected chi connectivity index (χ2v) is 8.92. The van der Waals surface area contributed by atoms with Crippen LogP contribution < -0.4 is 15.8 Å². The molecule has 6 nitrogen and oxygen atoms in total. The molecule has 0 radical (unpaired) electrons. The third kappa shape index (κ3) is 8.71. The summed E-state index contributed by atoms with van der Waals surface area (Å²) >= 11 is 0. The van der Waals surface area contributed by atoms with E-state index in [0.717, 1.165) is 54.7 Å². The molecule has 1 fully saturated rings. The van der Waals surface area contributed by atoms with Crippen molar-refractivity contribution >= 4 is 23.1 Å². The Bertz CT molecular complexity index is 1050. The maximum absolute atomic E-state index is 12.3. The molecule has 0 heterocycles. The summed E-state index contributed by atoms with van der Waals surface area (Å²) in [7, 11) is 1.53. The number of nitrogens with one attached hydrogen (secondary N) is 1. The third-order valence-electron chi connectivity index (χ3n) is 6.61. The summed E-state index contributed by atoms with van der Waals surface area (Å²) in [5.41, 5.74) is 10.4. The van der Waals surface area contributed by atoms with Gasteiger partial charge in [0.2, 0.25) is 5.91 Å². The second-order valence-electron chi connectivity index (χ2n) is 8.92. The zero-order valence-electron chi connectivity index (χ0n) is 23.0. The van der Waals surface area contributed by atoms with Gasteiger partial charge in [-0.2, -0.15) is 5.26 Å². The highest BCUT2D eigenvalue weighted by Gasteiger charge is 2.25. The summed E-state index contributed by atoms with van der Waals surface area (Å²) in [6, 6.07) is 10.9. The number of aryl methyl sites for hydroxylation is 1. The number of anilines is 2. The lowest BCUT2D eigenvalue weighted by atomic mass is 9.80. The number of amides is 1. The molecule has 0 saturated heterocycles. The molecule has 2 aromatic rings. The van der Waals surface area contributed by atoms with Crippen molar-refractivity contribution in [1.82, 2.24) is 0 Å². The fourth-order valence-electron chi connectivity index (χ4n) is 4.58. The van der Waals surface area contributed by atoms with Crippen LogP contribution in [-0.2, 0) is 11.2 Å². The topological polar surface area (TPSA) is 105 Å². The number of hydrogen-bond acceptors (Lipinski definition) is 5. The molecular formula is C30H43N3O3. The fourth-order valence-corrected chi connectivity index (χ4v) is 4.58. The van der Waals surface area contributed by atoms with E-state index in [0.29, 0.717) is 22.7 Å². The highest BCUT2D eigenvalue weighted by molar-refractivity contribution is 5.96. The Balaban J connectivity index is 0.000000371. The minimum atomic E-state index is 0.0682. The molecule has 0 aromatic heterocycles. The third-order valence-corrected chi connectivity index (χ3v) is 6.61. The predicted molar refractivity (Wildman–Crippen MR) is 148 cm³/mol. The van der Waals surface area contributed by atoms with Crippen LogP contribution >= 0.6 is 0 Å². The van der Waals surface area contributed by atoms with Crippen LogP contribution in [0.4, 0.5) is 11.4 Å². The van der Waals surface area contributed by atoms with Crippen molar-refractivity contribution in [2.75, 3.05) is 18.2 Å². The standard InChI is InChI=1S/C17H22N2O2.C11H15NO.C2H6/c1-3-12-4-6-13(7-5-12)17(20)19-15-8-9-16(21-2)14(10-15)11-18;1-4-10-7(2)5-9(12)6-11(10)8(3)13;1-2/h8-10,12-13H,3-7H2,1-2H3,(H,19,20);5-6H,4,12H2,1-3H3;1-2H3. The van der Waals surface area contributed by atoms with E-state index >= 15 is 0 Å². The highest BCUT2D eigenvalue weighted by Crippen LogP contribution is 2.31. The van der Waals surface area contributed by atoms with Crippen LogP contribution in [0.1, 0.15) is 93.8 Å². The summed E-state index contributed by atoms with van der Waals surface area (Å²) in [6.45, 7) is 11.8. The average molecular weight is 494 g/mol. The molecule has 1 aliphatic rings. The number of nitriles is 1. The van der Waals surface area contributed by atoms with Crippen molar-refractivity contribution < 1.29 is 14.3 Å². The summed E-state index contributed by atoms with van der Waals surface area (Å²) in [6.07, 6.45) is 6.29. The smallest absolute Gasteiger partial charge is 0.227 e. The predicted octanol–water partition coefficient (Wildman–Crippen LogP) is 7.09. The van der Waals surface area contributed by atoms with Crippen LogP contribution in [0, 0.1) is 30.1 Å². The molecule has 1 amide bonds. The van der Waals surface area contributed by atoms with Gasteiger partial charge >= 0.3 is 0 Å². The Morgan fingerprint density at radius 3 is 2.25 bits per heavy atom. The second kappa shape index (κ2) is 15.6. The first kappa shape index (κ1) is 30.7. The number of ketones is 1. The fraction of sp³-hybridized carbons (Fsp3) is 0.500. The summed E-state index contributed by atoms with van der Waals surface area (Å²) in [5, 5.41) is 12.0. The molecule has 1 saturated carbocycles. The molecule has 2 aromatic carbocycles. The van der Waals surface area contributed by atoms with Gasteiger partial charge in [-0.05, 0) is 93.3 Å². The van der Waals surface area contributed by atoms with E-state index in [4.69, 9.17) is 15.7 Å². The first-order valence-corrected chi connectivity index (χ1v) is 13.0. The van der Waals surface area contributed by atoms with Crippen LogP contribution in [0.25, 0.3) is 0 Å². The lowest BCUT2D eigenvalue weighted by Crippen LogP contribution is -2.27. The number of benzene rings is 2. The normalized spacial score (nSPS) is 16.3. The number of ether oxygens (including phenoxy) is 1. The average Bonchev–Trinajstić information content (AvgIpc) is 2.89. The van der Waals surface area contributed by atoms with E-state index in [1.165, 1.54) is 13.5 Å². The Kier molecular flexibility index (Phi) is 13.3. The van der Waals surface area contributed by atoms with E-state index in [-0.39, 0.29) is 17.6 Å². The van der Waals surface area contributed by atoms with Crippen LogP contribution in [0.2, 0.25) is 0 Å². The minimum absolute atomic E-state index is 0.0682. The van der Waals surface area contributed by atoms with E-state index < -0.39 is 0 Å². The molecule has 0 bridgehead atoms. The van der Waals surface area contributed by atoms with Crippen molar-refractivity contribution in [1.29, 1.82) is 5.26 Å². The molecule has 1 aliphatic carbocycles. The van der Waals surface area contributed by atoms with Gasteiger partial charge in [-0.15, -0.1) is 0 Å². The lowest BCUT2D eigenvalue weighted by molar-refractivity contribution is -0.121. The van der Waals surface area contributed by atoms with Crippen molar-refractivity contribution in [3.8, 4) is 11.8 Å². The van der Waals surface area contributed by atoms with E-state index in [1.807, 2.05) is 33.8 Å². The van der Waals surface area contributed by atoms with Gasteiger partial charge in [-0.1, -0.05) is 34.1 Å². The number of carbonyl (C=O) groups excluding carboxylic acids is 2. The maximum atomic E-state index is 12.3. The first-order valence-electron chi connectivity index (χ1n) is 13.0. The Labute approximate surface area is 217 Å². The molecule has 0 atom stereocenters. The lowest BCUT2D eigenvalue weighted by Gasteiger charge is -2.26. The van der Waals surface area contributed by atoms with Crippen molar-refractivity contribution in [2.45, 2.75) is 80.1 Å². The molecule has 0 aliphatic heterocycles. The Morgan fingerprint density at radius 2 is 1.75 bits per heavy atom. The molecule has 0 unspecified atom stereocenters. The van der Waals surface area contributed by atoms with Gasteiger partial charge in [-0.3, -0.25) is 9.59 Å². The first-order chi connectivity index (χ1) is 17.2. The molecule has 3 N–H and O–H groups in total. The maximum Gasteiger partial charge on any atom is 0.227 e. The van der Waals surface area contributed by atoms with Crippen LogP contribution in [0.3, 0.4) is 0 Å². The van der Waals surface area contributed by atoms with Crippen molar-refractivity contribution in [3.63, 3.8) is 0 Å². The summed E-state index contributed by atoms with van der Waals surface area (Å²) < 4.78 is 5.10. The van der Waals surface area contributed by atoms with Crippen molar-refractivity contribution in [2.24, 2.45) is 11.8 Å². The van der Waals surface area contributed by atoms with Gasteiger partial charge < -0.3 is 15.8 Å². The number of nitrogen functional groups attached to an aromatic ring is 1. The van der Waals surface area contributed by atoms with Crippen LogP contribution in [0.5, 0.6) is 5.75 Å². The van der Waals surface area contributed by atoms with Gasteiger partial charge in [0.15, 0.2) is 5.78 Å². The van der Waals surface area contributed by atoms with Gasteiger partial charge in [0.05, 0.1) is 12.7 Å². The number of hydrogen-bond donors (Lipinski definition) is 2. The number of nitrogens with two attached hydrogens (primary N) is 1. The number of nitrogens with zero attached hydrogens (tertiary/aromatic N) is 1. The Morgan fingerprint density at radius 1 is 1.11 bits per heavy atom. The van der Waals surface area contributed by atoms with Crippen LogP contribution in [-0.4, -0.2) is 18.8 Å². The highest BCUT2D eigenvalue weighted by atomic mass is 16.5. The monoisotopic (exact) mass is 493 g/mol. The van der Waals surface area contributed by atoms with E-state index in [2.05, 4.69) is 18.3 Å². The quantitative estimate of drug-likeness (QED) is 0.330. The number of Topliss-reactive ketones (excluding diaryl/α,β-unsaturated/α-hetero) is 1. The molecule has 0 spiro atoms. The molecular weight excluding hydrogens is 450 g/mol. The largest absolute Gasteiger partial charge is 0.495 e. The number of rotatable bonds is 6. The molecule has 3 rings (SSSR count). The molecule has 196 valence electrons. The van der Waals surface area contributed by atoms with Crippen molar-refractivity contribution in [3.05, 3.63) is 52.6 Å². The van der Waals surface area contributed by atoms with Gasteiger partial charge in [-0.25, -0.2) is 0 Å². The summed E-state index contributed by atoms with van der Waals surface area (Å²) in [4.78, 5) is 23.6. The van der Waals surface area contributed by atoms with Gasteiger partial charge in [0, 0.05) is 22.9 Å². The van der Waals surface area contributed by atoms with E-state index in [9.17, 15) is 9.59 Å². The van der Waals surface area contributed by atoms with Gasteiger partial charge in [0.25, 0.3) is 0 Å². The number of methoxy groups -OCH3 is 1. The Hall–Kier alpha value is -3.33. The molecule has 36 heavy (non-hydrogen) atoms. The SMILES string of the molecule is CC.CCC1CCC(C(=O)Nc2ccc(OC)c(C#N)c2)CC1.CCc1c(C)cc(N)cc1C(C)=O. The summed E-state index contributed by atoms with van der Waals surface area (Å²) in [5.74, 6) is 1.56. The minimum Gasteiger partial charge on any atom is -0.495 e. The zero-order valence-corrected chi connectivity index (χ0v) is 23.0.